The standard InChI is InChI=1S/C13H24F3NO/c1-3-8-17-12-6-4-5-11(12)7-9-18-10(2)13(14,15)16/h10-12,17H,3-9H2,1-2H3. The summed E-state index contributed by atoms with van der Waals surface area (Å²) in [4.78, 5) is 0. The minimum Gasteiger partial charge on any atom is -0.369 e. The quantitative estimate of drug-likeness (QED) is 0.762. The zero-order valence-corrected chi connectivity index (χ0v) is 11.2. The molecule has 1 saturated carbocycles. The first-order valence-corrected chi connectivity index (χ1v) is 6.86. The van der Waals surface area contributed by atoms with E-state index in [-0.39, 0.29) is 6.61 Å². The van der Waals surface area contributed by atoms with Crippen molar-refractivity contribution in [2.75, 3.05) is 13.2 Å². The van der Waals surface area contributed by atoms with Gasteiger partial charge in [0.15, 0.2) is 6.10 Å². The molecule has 0 bridgehead atoms. The largest absolute Gasteiger partial charge is 0.414 e. The number of hydrogen-bond acceptors (Lipinski definition) is 2. The second-order valence-corrected chi connectivity index (χ2v) is 5.09. The average molecular weight is 267 g/mol. The number of ether oxygens (including phenoxy) is 1. The molecule has 1 N–H and O–H groups in total. The van der Waals surface area contributed by atoms with E-state index in [9.17, 15) is 13.2 Å². The second-order valence-electron chi connectivity index (χ2n) is 5.09. The van der Waals surface area contributed by atoms with Crippen molar-refractivity contribution in [2.45, 2.75) is 64.3 Å². The molecule has 0 aromatic heterocycles. The predicted octanol–water partition coefficient (Wildman–Crippen LogP) is 3.51. The Labute approximate surface area is 107 Å². The summed E-state index contributed by atoms with van der Waals surface area (Å²) in [6.07, 6.45) is -0.672. The minimum atomic E-state index is -4.24. The summed E-state index contributed by atoms with van der Waals surface area (Å²) in [5.41, 5.74) is 0. The van der Waals surface area contributed by atoms with Crippen LogP contribution in [0.25, 0.3) is 0 Å². The molecule has 0 aliphatic heterocycles. The normalized spacial score (nSPS) is 26.5. The molecule has 0 aromatic carbocycles. The fraction of sp³-hybridized carbons (Fsp3) is 1.00. The van der Waals surface area contributed by atoms with Gasteiger partial charge in [0.05, 0.1) is 0 Å². The van der Waals surface area contributed by atoms with Crippen molar-refractivity contribution in [2.24, 2.45) is 5.92 Å². The molecule has 18 heavy (non-hydrogen) atoms. The molecular weight excluding hydrogens is 243 g/mol. The summed E-state index contributed by atoms with van der Waals surface area (Å²) in [5, 5.41) is 3.47. The Balaban J connectivity index is 2.22. The van der Waals surface area contributed by atoms with E-state index >= 15 is 0 Å². The average Bonchev–Trinajstić information content (AvgIpc) is 2.72. The maximum absolute atomic E-state index is 12.3. The zero-order valence-electron chi connectivity index (χ0n) is 11.2. The van der Waals surface area contributed by atoms with Crippen LogP contribution >= 0.6 is 0 Å². The molecule has 1 aliphatic rings. The van der Waals surface area contributed by atoms with E-state index in [0.717, 1.165) is 39.2 Å². The van der Waals surface area contributed by atoms with Gasteiger partial charge in [-0.05, 0) is 45.1 Å². The molecular formula is C13H24F3NO. The Hall–Kier alpha value is -0.290. The lowest BCUT2D eigenvalue weighted by Gasteiger charge is -2.22. The van der Waals surface area contributed by atoms with E-state index in [0.29, 0.717) is 12.0 Å². The summed E-state index contributed by atoms with van der Waals surface area (Å²) in [6.45, 7) is 4.38. The van der Waals surface area contributed by atoms with Crippen LogP contribution in [0.4, 0.5) is 13.2 Å². The van der Waals surface area contributed by atoms with Crippen molar-refractivity contribution < 1.29 is 17.9 Å². The smallest absolute Gasteiger partial charge is 0.369 e. The first-order valence-electron chi connectivity index (χ1n) is 6.86. The molecule has 0 amide bonds. The molecule has 1 fully saturated rings. The first-order chi connectivity index (χ1) is 8.45. The highest BCUT2D eigenvalue weighted by atomic mass is 19.4. The number of alkyl halides is 3. The molecule has 0 spiro atoms. The van der Waals surface area contributed by atoms with Crippen LogP contribution < -0.4 is 5.32 Å². The Morgan fingerprint density at radius 1 is 1.33 bits per heavy atom. The molecule has 108 valence electrons. The monoisotopic (exact) mass is 267 g/mol. The van der Waals surface area contributed by atoms with Crippen molar-refractivity contribution in [3.05, 3.63) is 0 Å². The van der Waals surface area contributed by atoms with Gasteiger partial charge < -0.3 is 10.1 Å². The second kappa shape index (κ2) is 7.34. The van der Waals surface area contributed by atoms with Crippen LogP contribution in [0.3, 0.4) is 0 Å². The molecule has 0 aromatic rings. The van der Waals surface area contributed by atoms with Crippen molar-refractivity contribution in [3.63, 3.8) is 0 Å². The van der Waals surface area contributed by atoms with Crippen LogP contribution in [0.1, 0.15) is 46.0 Å². The van der Waals surface area contributed by atoms with Gasteiger partial charge in [0.1, 0.15) is 0 Å². The Morgan fingerprint density at radius 3 is 2.67 bits per heavy atom. The van der Waals surface area contributed by atoms with E-state index in [2.05, 4.69) is 12.2 Å². The molecule has 1 rings (SSSR count). The van der Waals surface area contributed by atoms with Gasteiger partial charge in [-0.2, -0.15) is 13.2 Å². The summed E-state index contributed by atoms with van der Waals surface area (Å²) < 4.78 is 41.6. The lowest BCUT2D eigenvalue weighted by atomic mass is 10.00. The maximum atomic E-state index is 12.3. The van der Waals surface area contributed by atoms with Crippen LogP contribution in [0.15, 0.2) is 0 Å². The van der Waals surface area contributed by atoms with E-state index in [4.69, 9.17) is 4.74 Å². The van der Waals surface area contributed by atoms with E-state index < -0.39 is 12.3 Å². The van der Waals surface area contributed by atoms with Gasteiger partial charge >= 0.3 is 6.18 Å². The Kier molecular flexibility index (Phi) is 6.43. The number of halogens is 3. The molecule has 5 heteroatoms. The summed E-state index contributed by atoms with van der Waals surface area (Å²) in [5.74, 6) is 0.469. The van der Waals surface area contributed by atoms with Gasteiger partial charge in [-0.3, -0.25) is 0 Å². The van der Waals surface area contributed by atoms with Crippen LogP contribution in [0, 0.1) is 5.92 Å². The predicted molar refractivity (Wildman–Crippen MR) is 65.5 cm³/mol. The summed E-state index contributed by atoms with van der Waals surface area (Å²) in [6, 6.07) is 0.467. The van der Waals surface area contributed by atoms with Crippen LogP contribution in [-0.4, -0.2) is 31.5 Å². The fourth-order valence-electron chi connectivity index (χ4n) is 2.47. The first kappa shape index (κ1) is 15.8. The topological polar surface area (TPSA) is 21.3 Å². The summed E-state index contributed by atoms with van der Waals surface area (Å²) in [7, 11) is 0. The third-order valence-corrected chi connectivity index (χ3v) is 3.63. The third-order valence-electron chi connectivity index (χ3n) is 3.63. The van der Waals surface area contributed by atoms with Gasteiger partial charge in [-0.15, -0.1) is 0 Å². The Morgan fingerprint density at radius 2 is 2.06 bits per heavy atom. The van der Waals surface area contributed by atoms with Crippen molar-refractivity contribution in [1.29, 1.82) is 0 Å². The van der Waals surface area contributed by atoms with Gasteiger partial charge in [0, 0.05) is 12.6 Å². The summed E-state index contributed by atoms with van der Waals surface area (Å²) >= 11 is 0. The van der Waals surface area contributed by atoms with E-state index in [1.165, 1.54) is 6.42 Å². The highest BCUT2D eigenvalue weighted by Gasteiger charge is 2.37. The number of rotatable bonds is 7. The van der Waals surface area contributed by atoms with Gasteiger partial charge in [-0.1, -0.05) is 13.3 Å². The number of hydrogen-bond donors (Lipinski definition) is 1. The molecule has 1 aliphatic carbocycles. The Bertz CT molecular complexity index is 233. The highest BCUT2D eigenvalue weighted by Crippen LogP contribution is 2.29. The van der Waals surface area contributed by atoms with Gasteiger partial charge in [0.2, 0.25) is 0 Å². The molecule has 0 saturated heterocycles. The van der Waals surface area contributed by atoms with Crippen LogP contribution in [0.2, 0.25) is 0 Å². The lowest BCUT2D eigenvalue weighted by Crippen LogP contribution is -2.34. The minimum absolute atomic E-state index is 0.204. The maximum Gasteiger partial charge on any atom is 0.414 e. The van der Waals surface area contributed by atoms with E-state index in [1.807, 2.05) is 0 Å². The number of nitrogens with one attached hydrogen (secondary N) is 1. The lowest BCUT2D eigenvalue weighted by molar-refractivity contribution is -0.214. The van der Waals surface area contributed by atoms with Gasteiger partial charge in [0.25, 0.3) is 0 Å². The van der Waals surface area contributed by atoms with Gasteiger partial charge in [-0.25, -0.2) is 0 Å². The van der Waals surface area contributed by atoms with Crippen molar-refractivity contribution in [1.82, 2.24) is 5.32 Å². The van der Waals surface area contributed by atoms with Crippen molar-refractivity contribution in [3.8, 4) is 0 Å². The van der Waals surface area contributed by atoms with Crippen molar-refractivity contribution >= 4 is 0 Å². The van der Waals surface area contributed by atoms with E-state index in [1.54, 1.807) is 0 Å². The molecule has 0 heterocycles. The fourth-order valence-corrected chi connectivity index (χ4v) is 2.47. The zero-order chi connectivity index (χ0) is 13.6. The SMILES string of the molecule is CCCNC1CCCC1CCOC(C)C(F)(F)F. The van der Waals surface area contributed by atoms with Crippen LogP contribution in [0.5, 0.6) is 0 Å². The van der Waals surface area contributed by atoms with Crippen LogP contribution in [-0.2, 0) is 4.74 Å². The molecule has 0 radical (unpaired) electrons. The molecule has 3 atom stereocenters. The highest BCUT2D eigenvalue weighted by molar-refractivity contribution is 4.83. The third kappa shape index (κ3) is 5.14. The molecule has 2 nitrogen and oxygen atoms in total. The molecule has 3 unspecified atom stereocenters.